The maximum absolute atomic E-state index is 12.7. The summed E-state index contributed by atoms with van der Waals surface area (Å²) in [6.07, 6.45) is 2.15. The molecule has 2 aromatic heterocycles. The van der Waals surface area contributed by atoms with Crippen molar-refractivity contribution in [1.82, 2.24) is 9.38 Å². The van der Waals surface area contributed by atoms with Crippen LogP contribution in [0.25, 0.3) is 5.65 Å². The topological polar surface area (TPSA) is 89.8 Å². The van der Waals surface area contributed by atoms with Crippen molar-refractivity contribution in [2.45, 2.75) is 32.4 Å². The van der Waals surface area contributed by atoms with Gasteiger partial charge in [-0.1, -0.05) is 30.0 Å². The Morgan fingerprint density at radius 2 is 2.07 bits per heavy atom. The van der Waals surface area contributed by atoms with E-state index >= 15 is 0 Å². The molecule has 2 heterocycles. The Kier molecular flexibility index (Phi) is 6.10. The first kappa shape index (κ1) is 20.3. The van der Waals surface area contributed by atoms with Gasteiger partial charge in [0.25, 0.3) is 0 Å². The molecule has 0 amide bonds. The van der Waals surface area contributed by atoms with Crippen LogP contribution in [0.1, 0.15) is 28.9 Å². The number of carbonyl (C=O) groups is 1. The molecule has 3 N–H and O–H groups in total. The quantitative estimate of drug-likeness (QED) is 0.622. The Labute approximate surface area is 165 Å². The van der Waals surface area contributed by atoms with E-state index in [2.05, 4.69) is 21.6 Å². The lowest BCUT2D eigenvalue weighted by Crippen LogP contribution is -2.29. The normalized spacial score (nSPS) is 11.9. The van der Waals surface area contributed by atoms with E-state index in [0.29, 0.717) is 23.2 Å². The second kappa shape index (κ2) is 8.71. The first-order valence-electron chi connectivity index (χ1n) is 8.82. The molecular formula is C21H19F2N3O3. The minimum absolute atomic E-state index is 0.0293. The number of para-hydroxylation sites is 1. The van der Waals surface area contributed by atoms with Crippen molar-refractivity contribution < 1.29 is 23.4 Å². The van der Waals surface area contributed by atoms with E-state index in [0.717, 1.165) is 11.4 Å². The number of pyridine rings is 1. The number of halogens is 2. The highest BCUT2D eigenvalue weighted by Gasteiger charge is 2.14. The number of ether oxygens (including phenoxy) is 1. The first-order valence-corrected chi connectivity index (χ1v) is 8.82. The highest BCUT2D eigenvalue weighted by molar-refractivity contribution is 5.73. The Bertz CT molecular complexity index is 1100. The van der Waals surface area contributed by atoms with E-state index in [9.17, 15) is 13.6 Å². The van der Waals surface area contributed by atoms with Crippen LogP contribution in [0.15, 0.2) is 42.6 Å². The van der Waals surface area contributed by atoms with Crippen LogP contribution < -0.4 is 10.5 Å². The molecule has 1 aromatic carbocycles. The Morgan fingerprint density at radius 1 is 1.31 bits per heavy atom. The maximum Gasteiger partial charge on any atom is 0.387 e. The molecule has 0 saturated heterocycles. The van der Waals surface area contributed by atoms with Crippen LogP contribution in [0, 0.1) is 18.8 Å². The van der Waals surface area contributed by atoms with Crippen molar-refractivity contribution in [1.29, 1.82) is 0 Å². The van der Waals surface area contributed by atoms with Crippen molar-refractivity contribution in [3.8, 4) is 17.6 Å². The maximum atomic E-state index is 12.7. The summed E-state index contributed by atoms with van der Waals surface area (Å²) in [5.41, 5.74) is 8.99. The van der Waals surface area contributed by atoms with Gasteiger partial charge < -0.3 is 20.0 Å². The summed E-state index contributed by atoms with van der Waals surface area (Å²) in [6, 6.07) is 9.16. The number of benzene rings is 1. The van der Waals surface area contributed by atoms with Crippen molar-refractivity contribution in [2.24, 2.45) is 5.73 Å². The minimum atomic E-state index is -2.90. The SMILES string of the molecule is Cc1nc2ccc(C#CC[C@H](N)C(=O)O)cn2c1Cc1ccccc1OC(F)F. The molecule has 0 bridgehead atoms. The van der Waals surface area contributed by atoms with Crippen LogP contribution in [0.2, 0.25) is 0 Å². The molecule has 3 aromatic rings. The number of aromatic nitrogens is 2. The van der Waals surface area contributed by atoms with Crippen LogP contribution in [-0.4, -0.2) is 33.1 Å². The number of aliphatic carboxylic acids is 1. The number of carboxylic acid groups (broad SMARTS) is 1. The number of aryl methyl sites for hydroxylation is 1. The Morgan fingerprint density at radius 3 is 2.79 bits per heavy atom. The fraction of sp³-hybridized carbons (Fsp3) is 0.238. The number of fused-ring (bicyclic) bond motifs is 1. The smallest absolute Gasteiger partial charge is 0.387 e. The van der Waals surface area contributed by atoms with Gasteiger partial charge in [-0.05, 0) is 25.1 Å². The van der Waals surface area contributed by atoms with Crippen LogP contribution in [0.4, 0.5) is 8.78 Å². The van der Waals surface area contributed by atoms with E-state index in [1.807, 2.05) is 11.3 Å². The molecule has 6 nitrogen and oxygen atoms in total. The molecule has 3 rings (SSSR count). The summed E-state index contributed by atoms with van der Waals surface area (Å²) in [5.74, 6) is 4.67. The number of alkyl halides is 2. The molecule has 0 spiro atoms. The summed E-state index contributed by atoms with van der Waals surface area (Å²) < 4.78 is 31.8. The van der Waals surface area contributed by atoms with Crippen molar-refractivity contribution >= 4 is 11.6 Å². The third kappa shape index (κ3) is 4.89. The lowest BCUT2D eigenvalue weighted by Gasteiger charge is -2.11. The standard InChI is InChI=1S/C21H19F2N3O3/c1-13-17(11-15-6-2-3-8-18(15)29-21(22)23)26-12-14(9-10-19(26)25-13)5-4-7-16(24)20(27)28/h2-3,6,8-10,12,16,21H,7,11,24H2,1H3,(H,27,28)/t16-/m0/s1. The highest BCUT2D eigenvalue weighted by atomic mass is 19.3. The van der Waals surface area contributed by atoms with Gasteiger partial charge in [0.2, 0.25) is 0 Å². The summed E-state index contributed by atoms with van der Waals surface area (Å²) in [7, 11) is 0. The van der Waals surface area contributed by atoms with Crippen molar-refractivity contribution in [3.05, 3.63) is 65.1 Å². The van der Waals surface area contributed by atoms with Crippen LogP contribution in [-0.2, 0) is 11.2 Å². The molecule has 1 atom stereocenters. The second-order valence-electron chi connectivity index (χ2n) is 6.40. The van der Waals surface area contributed by atoms with Gasteiger partial charge in [-0.3, -0.25) is 4.79 Å². The average molecular weight is 399 g/mol. The van der Waals surface area contributed by atoms with Crippen LogP contribution >= 0.6 is 0 Å². The number of hydrogen-bond donors (Lipinski definition) is 2. The monoisotopic (exact) mass is 399 g/mol. The predicted molar refractivity (Wildman–Crippen MR) is 103 cm³/mol. The zero-order chi connectivity index (χ0) is 21.0. The average Bonchev–Trinajstić information content (AvgIpc) is 2.97. The molecule has 29 heavy (non-hydrogen) atoms. The van der Waals surface area contributed by atoms with E-state index in [-0.39, 0.29) is 12.2 Å². The fourth-order valence-corrected chi connectivity index (χ4v) is 2.89. The predicted octanol–water partition coefficient (Wildman–Crippen LogP) is 2.99. The number of imidazole rings is 1. The van der Waals surface area contributed by atoms with Gasteiger partial charge in [0.15, 0.2) is 0 Å². The first-order chi connectivity index (χ1) is 13.8. The van der Waals surface area contributed by atoms with E-state index in [1.54, 1.807) is 36.5 Å². The van der Waals surface area contributed by atoms with Gasteiger partial charge in [0.05, 0.1) is 5.69 Å². The van der Waals surface area contributed by atoms with Crippen molar-refractivity contribution in [3.63, 3.8) is 0 Å². The molecule has 0 fully saturated rings. The molecule has 8 heteroatoms. The van der Waals surface area contributed by atoms with Gasteiger partial charge in [0, 0.05) is 35.9 Å². The van der Waals surface area contributed by atoms with E-state index in [4.69, 9.17) is 10.8 Å². The van der Waals surface area contributed by atoms with Gasteiger partial charge in [-0.15, -0.1) is 0 Å². The molecule has 0 unspecified atom stereocenters. The molecule has 0 aliphatic rings. The molecule has 0 aliphatic carbocycles. The van der Waals surface area contributed by atoms with E-state index in [1.165, 1.54) is 6.07 Å². The number of hydrogen-bond acceptors (Lipinski definition) is 4. The number of carboxylic acids is 1. The largest absolute Gasteiger partial charge is 0.480 e. The summed E-state index contributed by atoms with van der Waals surface area (Å²) in [6.45, 7) is -1.06. The van der Waals surface area contributed by atoms with Gasteiger partial charge in [-0.2, -0.15) is 8.78 Å². The highest BCUT2D eigenvalue weighted by Crippen LogP contribution is 2.25. The Hall–Kier alpha value is -3.44. The summed E-state index contributed by atoms with van der Waals surface area (Å²) in [5, 5.41) is 8.81. The van der Waals surface area contributed by atoms with Gasteiger partial charge in [-0.25, -0.2) is 4.98 Å². The summed E-state index contributed by atoms with van der Waals surface area (Å²) >= 11 is 0. The minimum Gasteiger partial charge on any atom is -0.480 e. The fourth-order valence-electron chi connectivity index (χ4n) is 2.89. The summed E-state index contributed by atoms with van der Waals surface area (Å²) in [4.78, 5) is 15.3. The third-order valence-corrected chi connectivity index (χ3v) is 4.34. The molecule has 0 aliphatic heterocycles. The molecular weight excluding hydrogens is 380 g/mol. The number of nitrogens with two attached hydrogens (primary N) is 1. The molecule has 0 saturated carbocycles. The van der Waals surface area contributed by atoms with E-state index < -0.39 is 18.6 Å². The molecule has 0 radical (unpaired) electrons. The van der Waals surface area contributed by atoms with Gasteiger partial charge >= 0.3 is 12.6 Å². The zero-order valence-electron chi connectivity index (χ0n) is 15.6. The second-order valence-corrected chi connectivity index (χ2v) is 6.40. The number of rotatable bonds is 6. The van der Waals surface area contributed by atoms with Crippen LogP contribution in [0.5, 0.6) is 5.75 Å². The molecule has 150 valence electrons. The lowest BCUT2D eigenvalue weighted by atomic mass is 10.1. The van der Waals surface area contributed by atoms with Crippen LogP contribution in [0.3, 0.4) is 0 Å². The Balaban J connectivity index is 1.92. The lowest BCUT2D eigenvalue weighted by molar-refractivity contribution is -0.138. The zero-order valence-corrected chi connectivity index (χ0v) is 15.6. The number of nitrogens with zero attached hydrogens (tertiary/aromatic N) is 2. The van der Waals surface area contributed by atoms with Crippen molar-refractivity contribution in [2.75, 3.05) is 0 Å². The third-order valence-electron chi connectivity index (χ3n) is 4.34. The van der Waals surface area contributed by atoms with Gasteiger partial charge in [0.1, 0.15) is 17.4 Å².